The van der Waals surface area contributed by atoms with E-state index in [1.807, 2.05) is 37.3 Å². The summed E-state index contributed by atoms with van der Waals surface area (Å²) in [6.45, 7) is 1.94. The maximum absolute atomic E-state index is 13.1. The number of hydrogen-bond donors (Lipinski definition) is 0. The molecule has 0 bridgehead atoms. The van der Waals surface area contributed by atoms with Gasteiger partial charge in [0.15, 0.2) is 0 Å². The highest BCUT2D eigenvalue weighted by Crippen LogP contribution is 2.31. The van der Waals surface area contributed by atoms with Crippen LogP contribution in [0.5, 0.6) is 11.6 Å². The van der Waals surface area contributed by atoms with Crippen molar-refractivity contribution in [1.82, 2.24) is 4.98 Å². The Bertz CT molecular complexity index is 789. The number of halogens is 2. The summed E-state index contributed by atoms with van der Waals surface area (Å²) in [5.74, 6) is 0.751. The van der Waals surface area contributed by atoms with E-state index in [0.717, 1.165) is 16.5 Å². The van der Waals surface area contributed by atoms with Crippen molar-refractivity contribution in [3.05, 3.63) is 64.4 Å². The minimum Gasteiger partial charge on any atom is -0.438 e. The molecule has 0 saturated heterocycles. The molecule has 0 aliphatic heterocycles. The molecule has 0 radical (unpaired) electrons. The number of fused-ring (bicyclic) bond motifs is 1. The standard InChI is InChI=1S/C16H11BrFNO/c1-10-8-11-4-2-3-5-14(11)19-16(10)20-15-7-6-12(18)9-13(15)17/h2-9H,1H3. The second-order valence-corrected chi connectivity index (χ2v) is 5.33. The lowest BCUT2D eigenvalue weighted by molar-refractivity contribution is 0.456. The smallest absolute Gasteiger partial charge is 0.222 e. The molecule has 0 aliphatic rings. The molecule has 4 heteroatoms. The Hall–Kier alpha value is -1.94. The van der Waals surface area contributed by atoms with Crippen molar-refractivity contribution in [3.8, 4) is 11.6 Å². The summed E-state index contributed by atoms with van der Waals surface area (Å²) < 4.78 is 19.4. The third-order valence-corrected chi connectivity index (χ3v) is 3.59. The van der Waals surface area contributed by atoms with Crippen LogP contribution in [0.15, 0.2) is 53.0 Å². The minimum atomic E-state index is -0.313. The molecule has 0 spiro atoms. The van der Waals surface area contributed by atoms with Crippen LogP contribution in [0, 0.1) is 12.7 Å². The van der Waals surface area contributed by atoms with Gasteiger partial charge in [0.05, 0.1) is 9.99 Å². The summed E-state index contributed by atoms with van der Waals surface area (Å²) in [5.41, 5.74) is 1.80. The number of nitrogens with zero attached hydrogens (tertiary/aromatic N) is 1. The highest BCUT2D eigenvalue weighted by atomic mass is 79.9. The fourth-order valence-corrected chi connectivity index (χ4v) is 2.40. The van der Waals surface area contributed by atoms with Crippen LogP contribution in [0.25, 0.3) is 10.9 Å². The van der Waals surface area contributed by atoms with E-state index in [2.05, 4.69) is 20.9 Å². The number of benzene rings is 2. The van der Waals surface area contributed by atoms with Gasteiger partial charge < -0.3 is 4.74 Å². The van der Waals surface area contributed by atoms with Gasteiger partial charge in [-0.25, -0.2) is 9.37 Å². The van der Waals surface area contributed by atoms with Crippen molar-refractivity contribution < 1.29 is 9.13 Å². The monoisotopic (exact) mass is 331 g/mol. The molecular formula is C16H11BrFNO. The van der Waals surface area contributed by atoms with Gasteiger partial charge in [-0.3, -0.25) is 0 Å². The SMILES string of the molecule is Cc1cc2ccccc2nc1Oc1ccc(F)cc1Br. The largest absolute Gasteiger partial charge is 0.438 e. The normalized spacial score (nSPS) is 10.8. The second kappa shape index (κ2) is 5.21. The highest BCUT2D eigenvalue weighted by Gasteiger charge is 2.09. The van der Waals surface area contributed by atoms with E-state index < -0.39 is 0 Å². The highest BCUT2D eigenvalue weighted by molar-refractivity contribution is 9.10. The van der Waals surface area contributed by atoms with Gasteiger partial charge in [-0.2, -0.15) is 0 Å². The number of ether oxygens (including phenoxy) is 1. The van der Waals surface area contributed by atoms with Crippen LogP contribution in [0.1, 0.15) is 5.56 Å². The van der Waals surface area contributed by atoms with Crippen molar-refractivity contribution in [2.45, 2.75) is 6.92 Å². The number of aryl methyl sites for hydroxylation is 1. The fraction of sp³-hybridized carbons (Fsp3) is 0.0625. The molecule has 2 aromatic carbocycles. The molecule has 2 nitrogen and oxygen atoms in total. The van der Waals surface area contributed by atoms with Crippen LogP contribution < -0.4 is 4.74 Å². The van der Waals surface area contributed by atoms with Gasteiger partial charge in [0, 0.05) is 10.9 Å². The van der Waals surface area contributed by atoms with Gasteiger partial charge in [-0.05, 0) is 53.2 Å². The predicted octanol–water partition coefficient (Wildman–Crippen LogP) is 5.24. The lowest BCUT2D eigenvalue weighted by Crippen LogP contribution is -1.93. The van der Waals surface area contributed by atoms with Gasteiger partial charge in [-0.1, -0.05) is 18.2 Å². The maximum atomic E-state index is 13.1. The summed E-state index contributed by atoms with van der Waals surface area (Å²) in [5, 5.41) is 1.07. The van der Waals surface area contributed by atoms with E-state index in [1.54, 1.807) is 6.07 Å². The van der Waals surface area contributed by atoms with Crippen molar-refractivity contribution in [1.29, 1.82) is 0 Å². The number of hydrogen-bond acceptors (Lipinski definition) is 2. The Morgan fingerprint density at radius 1 is 1.10 bits per heavy atom. The van der Waals surface area contributed by atoms with E-state index in [9.17, 15) is 4.39 Å². The maximum Gasteiger partial charge on any atom is 0.222 e. The molecule has 0 unspecified atom stereocenters. The molecule has 0 amide bonds. The first-order valence-corrected chi connectivity index (χ1v) is 6.92. The fourth-order valence-electron chi connectivity index (χ4n) is 1.97. The molecular weight excluding hydrogens is 321 g/mol. The molecule has 0 fully saturated rings. The molecule has 1 aromatic heterocycles. The Morgan fingerprint density at radius 3 is 2.70 bits per heavy atom. The van der Waals surface area contributed by atoms with Gasteiger partial charge >= 0.3 is 0 Å². The van der Waals surface area contributed by atoms with Crippen molar-refractivity contribution in [2.75, 3.05) is 0 Å². The zero-order valence-corrected chi connectivity index (χ0v) is 12.3. The molecule has 100 valence electrons. The molecule has 0 N–H and O–H groups in total. The molecule has 1 heterocycles. The van der Waals surface area contributed by atoms with Crippen LogP contribution >= 0.6 is 15.9 Å². The summed E-state index contributed by atoms with van der Waals surface area (Å²) in [6, 6.07) is 14.2. The van der Waals surface area contributed by atoms with Crippen LogP contribution in [-0.2, 0) is 0 Å². The van der Waals surface area contributed by atoms with Crippen molar-refractivity contribution in [3.63, 3.8) is 0 Å². The van der Waals surface area contributed by atoms with E-state index in [1.165, 1.54) is 12.1 Å². The quantitative estimate of drug-likeness (QED) is 0.640. The molecule has 0 saturated carbocycles. The van der Waals surface area contributed by atoms with E-state index in [0.29, 0.717) is 16.1 Å². The Balaban J connectivity index is 2.03. The third-order valence-electron chi connectivity index (χ3n) is 2.97. The number of aromatic nitrogens is 1. The Labute approximate surface area is 124 Å². The third kappa shape index (κ3) is 2.51. The Kier molecular flexibility index (Phi) is 3.40. The number of para-hydroxylation sites is 1. The lowest BCUT2D eigenvalue weighted by Gasteiger charge is -2.10. The van der Waals surface area contributed by atoms with Crippen LogP contribution in [0.3, 0.4) is 0 Å². The summed E-state index contributed by atoms with van der Waals surface area (Å²) in [6.07, 6.45) is 0. The first-order valence-electron chi connectivity index (χ1n) is 6.13. The van der Waals surface area contributed by atoms with Crippen LogP contribution in [0.2, 0.25) is 0 Å². The Morgan fingerprint density at radius 2 is 1.90 bits per heavy atom. The molecule has 3 aromatic rings. The topological polar surface area (TPSA) is 22.1 Å². The first kappa shape index (κ1) is 13.1. The zero-order valence-electron chi connectivity index (χ0n) is 10.7. The van der Waals surface area contributed by atoms with Crippen LogP contribution in [-0.4, -0.2) is 4.98 Å². The molecule has 3 rings (SSSR count). The van der Waals surface area contributed by atoms with E-state index in [4.69, 9.17) is 4.74 Å². The predicted molar refractivity (Wildman–Crippen MR) is 80.7 cm³/mol. The van der Waals surface area contributed by atoms with Gasteiger partial charge in [0.1, 0.15) is 11.6 Å². The van der Waals surface area contributed by atoms with Gasteiger partial charge in [0.2, 0.25) is 5.88 Å². The second-order valence-electron chi connectivity index (χ2n) is 4.48. The molecule has 0 aliphatic carbocycles. The summed E-state index contributed by atoms with van der Waals surface area (Å²) >= 11 is 3.29. The molecule has 0 atom stereocenters. The minimum absolute atomic E-state index is 0.313. The summed E-state index contributed by atoms with van der Waals surface area (Å²) in [7, 11) is 0. The lowest BCUT2D eigenvalue weighted by atomic mass is 10.2. The van der Waals surface area contributed by atoms with E-state index >= 15 is 0 Å². The number of rotatable bonds is 2. The summed E-state index contributed by atoms with van der Waals surface area (Å²) in [4.78, 5) is 4.50. The van der Waals surface area contributed by atoms with Crippen molar-refractivity contribution >= 4 is 26.8 Å². The average molecular weight is 332 g/mol. The number of pyridine rings is 1. The van der Waals surface area contributed by atoms with E-state index in [-0.39, 0.29) is 5.82 Å². The van der Waals surface area contributed by atoms with Gasteiger partial charge in [-0.15, -0.1) is 0 Å². The van der Waals surface area contributed by atoms with Gasteiger partial charge in [0.25, 0.3) is 0 Å². The molecule has 20 heavy (non-hydrogen) atoms. The van der Waals surface area contributed by atoms with Crippen molar-refractivity contribution in [2.24, 2.45) is 0 Å². The zero-order chi connectivity index (χ0) is 14.1. The average Bonchev–Trinajstić information content (AvgIpc) is 2.42. The first-order chi connectivity index (χ1) is 9.63. The van der Waals surface area contributed by atoms with Crippen LogP contribution in [0.4, 0.5) is 4.39 Å².